The van der Waals surface area contributed by atoms with Crippen LogP contribution in [0.25, 0.3) is 0 Å². The normalized spacial score (nSPS) is 12.8. The predicted octanol–water partition coefficient (Wildman–Crippen LogP) is 3.35. The molecule has 1 rings (SSSR count). The number of benzene rings is 1. The molecule has 0 aromatic heterocycles. The van der Waals surface area contributed by atoms with Crippen LogP contribution in [0.3, 0.4) is 0 Å². The van der Waals surface area contributed by atoms with Crippen LogP contribution in [0.4, 0.5) is 0 Å². The molecule has 1 N–H and O–H groups in total. The SMILES string of the molecule is CCCSCC(O)Cc1cc(C)ccc1C. The molecule has 0 heterocycles. The van der Waals surface area contributed by atoms with E-state index in [1.807, 2.05) is 11.8 Å². The Labute approximate surface area is 103 Å². The van der Waals surface area contributed by atoms with Gasteiger partial charge in [0.15, 0.2) is 0 Å². The summed E-state index contributed by atoms with van der Waals surface area (Å²) < 4.78 is 0. The van der Waals surface area contributed by atoms with Gasteiger partial charge >= 0.3 is 0 Å². The monoisotopic (exact) mass is 238 g/mol. The summed E-state index contributed by atoms with van der Waals surface area (Å²) in [5, 5.41) is 9.92. The van der Waals surface area contributed by atoms with Gasteiger partial charge in [-0.1, -0.05) is 30.7 Å². The summed E-state index contributed by atoms with van der Waals surface area (Å²) in [6, 6.07) is 6.44. The number of aliphatic hydroxyl groups is 1. The Hall–Kier alpha value is -0.470. The number of thioether (sulfide) groups is 1. The van der Waals surface area contributed by atoms with Crippen molar-refractivity contribution >= 4 is 11.8 Å². The molecule has 16 heavy (non-hydrogen) atoms. The van der Waals surface area contributed by atoms with Gasteiger partial charge in [0.2, 0.25) is 0 Å². The minimum Gasteiger partial charge on any atom is -0.392 e. The quantitative estimate of drug-likeness (QED) is 0.767. The van der Waals surface area contributed by atoms with Crippen molar-refractivity contribution in [2.45, 2.75) is 39.7 Å². The van der Waals surface area contributed by atoms with Crippen LogP contribution in [0.15, 0.2) is 18.2 Å². The van der Waals surface area contributed by atoms with E-state index in [1.165, 1.54) is 23.1 Å². The maximum Gasteiger partial charge on any atom is 0.0670 e. The largest absolute Gasteiger partial charge is 0.392 e. The average Bonchev–Trinajstić information content (AvgIpc) is 2.24. The fraction of sp³-hybridized carbons (Fsp3) is 0.571. The van der Waals surface area contributed by atoms with Gasteiger partial charge in [0.1, 0.15) is 0 Å². The van der Waals surface area contributed by atoms with Gasteiger partial charge in [0.05, 0.1) is 6.10 Å². The second-order valence-electron chi connectivity index (χ2n) is 4.36. The molecule has 0 aliphatic heterocycles. The molecule has 0 amide bonds. The van der Waals surface area contributed by atoms with E-state index in [0.29, 0.717) is 0 Å². The highest BCUT2D eigenvalue weighted by Crippen LogP contribution is 2.15. The molecule has 1 aromatic rings. The molecule has 90 valence electrons. The second kappa shape index (κ2) is 6.97. The van der Waals surface area contributed by atoms with Gasteiger partial charge in [-0.3, -0.25) is 0 Å². The summed E-state index contributed by atoms with van der Waals surface area (Å²) in [6.07, 6.45) is 1.75. The third-order valence-corrected chi connectivity index (χ3v) is 3.94. The zero-order valence-electron chi connectivity index (χ0n) is 10.5. The Morgan fingerprint density at radius 2 is 2.06 bits per heavy atom. The van der Waals surface area contributed by atoms with Crippen LogP contribution in [0, 0.1) is 13.8 Å². The zero-order chi connectivity index (χ0) is 12.0. The first-order chi connectivity index (χ1) is 7.63. The van der Waals surface area contributed by atoms with Crippen LogP contribution in [-0.2, 0) is 6.42 Å². The van der Waals surface area contributed by atoms with Crippen LogP contribution in [0.5, 0.6) is 0 Å². The van der Waals surface area contributed by atoms with E-state index in [0.717, 1.165) is 17.9 Å². The fourth-order valence-electron chi connectivity index (χ4n) is 1.70. The predicted molar refractivity (Wildman–Crippen MR) is 73.2 cm³/mol. The minimum absolute atomic E-state index is 0.211. The third-order valence-electron chi connectivity index (χ3n) is 2.62. The van der Waals surface area contributed by atoms with Crippen molar-refractivity contribution in [3.63, 3.8) is 0 Å². The molecule has 0 bridgehead atoms. The van der Waals surface area contributed by atoms with Gasteiger partial charge < -0.3 is 5.11 Å². The van der Waals surface area contributed by atoms with Crippen molar-refractivity contribution in [2.75, 3.05) is 11.5 Å². The van der Waals surface area contributed by atoms with E-state index < -0.39 is 0 Å². The molecule has 0 aliphatic carbocycles. The number of hydrogen-bond acceptors (Lipinski definition) is 2. The van der Waals surface area contributed by atoms with Gasteiger partial charge in [0, 0.05) is 5.75 Å². The summed E-state index contributed by atoms with van der Waals surface area (Å²) in [5.41, 5.74) is 3.84. The van der Waals surface area contributed by atoms with Gasteiger partial charge in [-0.05, 0) is 43.6 Å². The average molecular weight is 238 g/mol. The third kappa shape index (κ3) is 4.58. The first-order valence-corrected chi connectivity index (χ1v) is 7.11. The molecular weight excluding hydrogens is 216 g/mol. The smallest absolute Gasteiger partial charge is 0.0670 e. The molecule has 0 saturated carbocycles. The maximum absolute atomic E-state index is 9.92. The molecule has 1 nitrogen and oxygen atoms in total. The highest BCUT2D eigenvalue weighted by molar-refractivity contribution is 7.99. The minimum atomic E-state index is -0.211. The van der Waals surface area contributed by atoms with Crippen LogP contribution in [-0.4, -0.2) is 22.7 Å². The van der Waals surface area contributed by atoms with Crippen molar-refractivity contribution in [1.82, 2.24) is 0 Å². The van der Waals surface area contributed by atoms with Crippen molar-refractivity contribution in [1.29, 1.82) is 0 Å². The van der Waals surface area contributed by atoms with Gasteiger partial charge in [-0.2, -0.15) is 11.8 Å². The van der Waals surface area contributed by atoms with Crippen molar-refractivity contribution in [2.24, 2.45) is 0 Å². The molecule has 1 aromatic carbocycles. The molecule has 0 spiro atoms. The van der Waals surface area contributed by atoms with E-state index >= 15 is 0 Å². The summed E-state index contributed by atoms with van der Waals surface area (Å²) in [4.78, 5) is 0. The molecule has 1 unspecified atom stereocenters. The molecule has 0 aliphatic rings. The van der Waals surface area contributed by atoms with Crippen LogP contribution < -0.4 is 0 Å². The highest BCUT2D eigenvalue weighted by Gasteiger charge is 2.07. The molecule has 0 saturated heterocycles. The first-order valence-electron chi connectivity index (χ1n) is 5.95. The van der Waals surface area contributed by atoms with Crippen molar-refractivity contribution in [3.05, 3.63) is 34.9 Å². The topological polar surface area (TPSA) is 20.2 Å². The molecule has 1 atom stereocenters. The standard InChI is InChI=1S/C14H22OS/c1-4-7-16-10-14(15)9-13-8-11(2)5-6-12(13)3/h5-6,8,14-15H,4,7,9-10H2,1-3H3. The first kappa shape index (κ1) is 13.6. The summed E-state index contributed by atoms with van der Waals surface area (Å²) >= 11 is 1.84. The number of rotatable bonds is 6. The number of aryl methyl sites for hydroxylation is 2. The Morgan fingerprint density at radius 1 is 1.31 bits per heavy atom. The molecule has 0 radical (unpaired) electrons. The molecular formula is C14H22OS. The summed E-state index contributed by atoms with van der Waals surface area (Å²) in [6.45, 7) is 6.38. The summed E-state index contributed by atoms with van der Waals surface area (Å²) in [7, 11) is 0. The summed E-state index contributed by atoms with van der Waals surface area (Å²) in [5.74, 6) is 1.99. The fourth-order valence-corrected chi connectivity index (χ4v) is 2.54. The zero-order valence-corrected chi connectivity index (χ0v) is 11.3. The Balaban J connectivity index is 2.48. The van der Waals surface area contributed by atoms with Crippen molar-refractivity contribution in [3.8, 4) is 0 Å². The lowest BCUT2D eigenvalue weighted by atomic mass is 10.0. The molecule has 0 fully saturated rings. The van der Waals surface area contributed by atoms with Gasteiger partial charge in [0.25, 0.3) is 0 Å². The van der Waals surface area contributed by atoms with Crippen LogP contribution in [0.2, 0.25) is 0 Å². The molecule has 2 heteroatoms. The van der Waals surface area contributed by atoms with E-state index in [4.69, 9.17) is 0 Å². The second-order valence-corrected chi connectivity index (χ2v) is 5.51. The van der Waals surface area contributed by atoms with E-state index in [-0.39, 0.29) is 6.10 Å². The number of hydrogen-bond donors (Lipinski definition) is 1. The van der Waals surface area contributed by atoms with E-state index in [9.17, 15) is 5.11 Å². The lowest BCUT2D eigenvalue weighted by Gasteiger charge is -2.12. The highest BCUT2D eigenvalue weighted by atomic mass is 32.2. The number of aliphatic hydroxyl groups excluding tert-OH is 1. The Kier molecular flexibility index (Phi) is 5.93. The maximum atomic E-state index is 9.92. The lowest BCUT2D eigenvalue weighted by Crippen LogP contribution is -2.14. The van der Waals surface area contributed by atoms with Crippen LogP contribution in [0.1, 0.15) is 30.0 Å². The Bertz CT molecular complexity index is 323. The van der Waals surface area contributed by atoms with E-state index in [2.05, 4.69) is 39.0 Å². The van der Waals surface area contributed by atoms with Gasteiger partial charge in [-0.25, -0.2) is 0 Å². The van der Waals surface area contributed by atoms with E-state index in [1.54, 1.807) is 0 Å². The lowest BCUT2D eigenvalue weighted by molar-refractivity contribution is 0.200. The van der Waals surface area contributed by atoms with Crippen LogP contribution >= 0.6 is 11.8 Å². The van der Waals surface area contributed by atoms with Gasteiger partial charge in [-0.15, -0.1) is 0 Å². The van der Waals surface area contributed by atoms with Crippen molar-refractivity contribution < 1.29 is 5.11 Å². The Morgan fingerprint density at radius 3 is 2.75 bits per heavy atom.